The Morgan fingerprint density at radius 3 is 2.68 bits per heavy atom. The summed E-state index contributed by atoms with van der Waals surface area (Å²) in [5.41, 5.74) is 5.62. The lowest BCUT2D eigenvalue weighted by Gasteiger charge is -2.35. The topological polar surface area (TPSA) is 87.4 Å². The first kappa shape index (κ1) is 16.8. The first-order valence-electron chi connectivity index (χ1n) is 7.54. The van der Waals surface area contributed by atoms with Gasteiger partial charge >= 0.3 is 0 Å². The van der Waals surface area contributed by atoms with E-state index in [1.807, 2.05) is 6.92 Å². The third-order valence-electron chi connectivity index (χ3n) is 3.78. The Morgan fingerprint density at radius 1 is 1.41 bits per heavy atom. The Labute approximate surface area is 135 Å². The molecule has 1 fully saturated rings. The van der Waals surface area contributed by atoms with Gasteiger partial charge < -0.3 is 16.0 Å². The number of carbonyl (C=O) groups is 1. The highest BCUT2D eigenvalue weighted by molar-refractivity contribution is 6.29. The van der Waals surface area contributed by atoms with Crippen LogP contribution >= 0.6 is 11.6 Å². The Bertz CT molecular complexity index is 498. The van der Waals surface area contributed by atoms with Crippen molar-refractivity contribution in [1.82, 2.24) is 20.2 Å². The summed E-state index contributed by atoms with van der Waals surface area (Å²) in [5, 5.41) is 3.33. The van der Waals surface area contributed by atoms with Crippen LogP contribution in [0.25, 0.3) is 0 Å². The maximum absolute atomic E-state index is 11.9. The molecular formula is C14H23ClN6O. The van der Waals surface area contributed by atoms with E-state index in [4.69, 9.17) is 17.3 Å². The Morgan fingerprint density at radius 2 is 2.09 bits per heavy atom. The quantitative estimate of drug-likeness (QED) is 0.776. The van der Waals surface area contributed by atoms with Crippen molar-refractivity contribution in [2.45, 2.75) is 26.3 Å². The second-order valence-corrected chi connectivity index (χ2v) is 5.93. The van der Waals surface area contributed by atoms with Gasteiger partial charge in [-0.25, -0.2) is 4.98 Å². The van der Waals surface area contributed by atoms with Gasteiger partial charge in [-0.15, -0.1) is 0 Å². The van der Waals surface area contributed by atoms with E-state index in [0.29, 0.717) is 11.7 Å². The van der Waals surface area contributed by atoms with Crippen molar-refractivity contribution in [3.8, 4) is 0 Å². The minimum Gasteiger partial charge on any atom is -0.368 e. The van der Waals surface area contributed by atoms with Crippen LogP contribution in [-0.2, 0) is 4.79 Å². The molecule has 1 aromatic heterocycles. The molecule has 1 amide bonds. The maximum Gasteiger partial charge on any atom is 0.234 e. The molecule has 0 aromatic carbocycles. The van der Waals surface area contributed by atoms with Crippen LogP contribution in [0.3, 0.4) is 0 Å². The first-order chi connectivity index (χ1) is 10.5. The summed E-state index contributed by atoms with van der Waals surface area (Å²) in [5.74, 6) is 0.996. The van der Waals surface area contributed by atoms with Crippen LogP contribution in [0.1, 0.15) is 20.3 Å². The van der Waals surface area contributed by atoms with Gasteiger partial charge in [-0.1, -0.05) is 18.5 Å². The van der Waals surface area contributed by atoms with Crippen molar-refractivity contribution < 1.29 is 4.79 Å². The number of nitrogens with zero attached hydrogens (tertiary/aromatic N) is 4. The standard InChI is InChI=1S/C14H23ClN6O/c1-3-10(2)17-13(22)9-20-4-6-21(7-5-20)12-8-11(15)18-14(16)19-12/h8,10H,3-7,9H2,1-2H3,(H,17,22)(H2,16,18,19). The summed E-state index contributed by atoms with van der Waals surface area (Å²) in [6.07, 6.45) is 0.940. The summed E-state index contributed by atoms with van der Waals surface area (Å²) >= 11 is 5.91. The van der Waals surface area contributed by atoms with E-state index in [2.05, 4.69) is 32.0 Å². The van der Waals surface area contributed by atoms with E-state index in [9.17, 15) is 4.79 Å². The van der Waals surface area contributed by atoms with Gasteiger partial charge in [-0.05, 0) is 13.3 Å². The average molecular weight is 327 g/mol. The van der Waals surface area contributed by atoms with Gasteiger partial charge in [-0.2, -0.15) is 4.98 Å². The number of nitrogens with one attached hydrogen (secondary N) is 1. The summed E-state index contributed by atoms with van der Waals surface area (Å²) in [4.78, 5) is 24.2. The van der Waals surface area contributed by atoms with E-state index in [-0.39, 0.29) is 17.9 Å². The van der Waals surface area contributed by atoms with Gasteiger partial charge in [0.1, 0.15) is 11.0 Å². The molecule has 1 saturated heterocycles. The molecule has 0 saturated carbocycles. The minimum atomic E-state index is 0.0807. The Kier molecular flexibility index (Phi) is 5.79. The SMILES string of the molecule is CCC(C)NC(=O)CN1CCN(c2cc(Cl)nc(N)n2)CC1. The molecule has 0 aliphatic carbocycles. The van der Waals surface area contributed by atoms with Gasteiger partial charge in [0.15, 0.2) is 0 Å². The molecule has 1 atom stereocenters. The molecule has 7 nitrogen and oxygen atoms in total. The number of halogens is 1. The molecule has 0 spiro atoms. The Balaban J connectivity index is 1.84. The summed E-state index contributed by atoms with van der Waals surface area (Å²) in [7, 11) is 0. The number of anilines is 2. The number of amides is 1. The van der Waals surface area contributed by atoms with Crippen LogP contribution in [0.5, 0.6) is 0 Å². The second-order valence-electron chi connectivity index (χ2n) is 5.55. The van der Waals surface area contributed by atoms with E-state index in [0.717, 1.165) is 38.4 Å². The third-order valence-corrected chi connectivity index (χ3v) is 3.98. The van der Waals surface area contributed by atoms with Crippen molar-refractivity contribution in [2.24, 2.45) is 0 Å². The normalized spacial score (nSPS) is 17.3. The summed E-state index contributed by atoms with van der Waals surface area (Å²) in [6.45, 7) is 7.67. The van der Waals surface area contributed by atoms with Crippen molar-refractivity contribution in [3.05, 3.63) is 11.2 Å². The molecule has 0 radical (unpaired) electrons. The molecule has 2 rings (SSSR count). The van der Waals surface area contributed by atoms with Crippen LogP contribution < -0.4 is 16.0 Å². The summed E-state index contributed by atoms with van der Waals surface area (Å²) < 4.78 is 0. The number of nitrogen functional groups attached to an aromatic ring is 1. The number of rotatable bonds is 5. The highest BCUT2D eigenvalue weighted by Crippen LogP contribution is 2.18. The summed E-state index contributed by atoms with van der Waals surface area (Å²) in [6, 6.07) is 1.93. The molecule has 1 aliphatic rings. The molecule has 1 unspecified atom stereocenters. The molecular weight excluding hydrogens is 304 g/mol. The van der Waals surface area contributed by atoms with Crippen LogP contribution in [0.15, 0.2) is 6.07 Å². The van der Waals surface area contributed by atoms with Crippen LogP contribution in [0.4, 0.5) is 11.8 Å². The number of carbonyl (C=O) groups excluding carboxylic acids is 1. The molecule has 22 heavy (non-hydrogen) atoms. The predicted molar refractivity (Wildman–Crippen MR) is 88.0 cm³/mol. The largest absolute Gasteiger partial charge is 0.368 e. The highest BCUT2D eigenvalue weighted by Gasteiger charge is 2.20. The monoisotopic (exact) mass is 326 g/mol. The highest BCUT2D eigenvalue weighted by atomic mass is 35.5. The molecule has 1 aliphatic heterocycles. The number of hydrogen-bond donors (Lipinski definition) is 2. The van der Waals surface area contributed by atoms with Crippen molar-refractivity contribution in [1.29, 1.82) is 0 Å². The number of piperazine rings is 1. The van der Waals surface area contributed by atoms with Gasteiger partial charge in [0, 0.05) is 38.3 Å². The average Bonchev–Trinajstić information content (AvgIpc) is 2.46. The fraction of sp³-hybridized carbons (Fsp3) is 0.643. The van der Waals surface area contributed by atoms with Gasteiger partial charge in [0.2, 0.25) is 11.9 Å². The number of hydrogen-bond acceptors (Lipinski definition) is 6. The maximum atomic E-state index is 11.9. The van der Waals surface area contributed by atoms with E-state index >= 15 is 0 Å². The van der Waals surface area contributed by atoms with Crippen LogP contribution in [-0.4, -0.2) is 59.5 Å². The zero-order valence-electron chi connectivity index (χ0n) is 13.0. The van der Waals surface area contributed by atoms with E-state index in [1.54, 1.807) is 6.07 Å². The fourth-order valence-corrected chi connectivity index (χ4v) is 2.53. The molecule has 122 valence electrons. The molecule has 1 aromatic rings. The Hall–Kier alpha value is -1.60. The van der Waals surface area contributed by atoms with E-state index < -0.39 is 0 Å². The molecule has 2 heterocycles. The molecule has 0 bridgehead atoms. The molecule has 8 heteroatoms. The zero-order chi connectivity index (χ0) is 16.1. The third kappa shape index (κ3) is 4.71. The second kappa shape index (κ2) is 7.60. The minimum absolute atomic E-state index is 0.0807. The van der Waals surface area contributed by atoms with Crippen molar-refractivity contribution >= 4 is 29.3 Å². The van der Waals surface area contributed by atoms with Crippen molar-refractivity contribution in [3.63, 3.8) is 0 Å². The first-order valence-corrected chi connectivity index (χ1v) is 7.92. The van der Waals surface area contributed by atoms with Crippen molar-refractivity contribution in [2.75, 3.05) is 43.4 Å². The zero-order valence-corrected chi connectivity index (χ0v) is 13.8. The molecule has 3 N–H and O–H groups in total. The van der Waals surface area contributed by atoms with Gasteiger partial charge in [0.25, 0.3) is 0 Å². The predicted octanol–water partition coefficient (Wildman–Crippen LogP) is 0.749. The van der Waals surface area contributed by atoms with Gasteiger partial charge in [-0.3, -0.25) is 9.69 Å². The lowest BCUT2D eigenvalue weighted by Crippen LogP contribution is -2.50. The van der Waals surface area contributed by atoms with Crippen LogP contribution in [0.2, 0.25) is 5.15 Å². The lowest BCUT2D eigenvalue weighted by molar-refractivity contribution is -0.122. The lowest BCUT2D eigenvalue weighted by atomic mass is 10.2. The van der Waals surface area contributed by atoms with Gasteiger partial charge in [0.05, 0.1) is 6.54 Å². The number of nitrogens with two attached hydrogens (primary N) is 1. The fourth-order valence-electron chi connectivity index (χ4n) is 2.35. The number of aromatic nitrogens is 2. The van der Waals surface area contributed by atoms with E-state index in [1.165, 1.54) is 0 Å². The smallest absolute Gasteiger partial charge is 0.234 e. The van der Waals surface area contributed by atoms with Crippen LogP contribution in [0, 0.1) is 0 Å².